The zero-order valence-corrected chi connectivity index (χ0v) is 17.3. The fourth-order valence-electron chi connectivity index (χ4n) is 3.08. The van der Waals surface area contributed by atoms with E-state index in [9.17, 15) is 9.18 Å². The molecule has 0 unspecified atom stereocenters. The molecule has 0 aliphatic heterocycles. The van der Waals surface area contributed by atoms with Gasteiger partial charge in [-0.15, -0.1) is 0 Å². The Balaban J connectivity index is 1.62. The van der Waals surface area contributed by atoms with E-state index in [2.05, 4.69) is 26.8 Å². The molecule has 2 N–H and O–H groups in total. The van der Waals surface area contributed by atoms with E-state index in [0.717, 1.165) is 0 Å². The van der Waals surface area contributed by atoms with Gasteiger partial charge in [0.2, 0.25) is 11.8 Å². The Morgan fingerprint density at radius 3 is 3.00 bits per heavy atom. The van der Waals surface area contributed by atoms with E-state index in [-0.39, 0.29) is 30.6 Å². The van der Waals surface area contributed by atoms with Crippen molar-refractivity contribution >= 4 is 22.8 Å². The molecular weight excluding hydrogens is 425 g/mol. The number of carbonyl (C=O) groups is 1. The first-order valence-electron chi connectivity index (χ1n) is 9.92. The Labute approximate surface area is 188 Å². The first-order valence-corrected chi connectivity index (χ1v) is 9.92. The lowest BCUT2D eigenvalue weighted by Crippen LogP contribution is -2.07. The average Bonchev–Trinajstić information content (AvgIpc) is 3.24. The van der Waals surface area contributed by atoms with Crippen molar-refractivity contribution in [3.63, 3.8) is 0 Å². The molecule has 0 saturated heterocycles. The fourth-order valence-corrected chi connectivity index (χ4v) is 3.08. The third kappa shape index (κ3) is 4.97. The molecule has 2 aromatic heterocycles. The lowest BCUT2D eigenvalue weighted by molar-refractivity contribution is -0.111. The summed E-state index contributed by atoms with van der Waals surface area (Å²) in [4.78, 5) is 23.4. The van der Waals surface area contributed by atoms with Crippen molar-refractivity contribution in [2.45, 2.75) is 6.42 Å². The first kappa shape index (κ1) is 21.5. The summed E-state index contributed by atoms with van der Waals surface area (Å²) in [5.74, 6) is -0.104. The van der Waals surface area contributed by atoms with Gasteiger partial charge in [-0.2, -0.15) is 5.26 Å². The Hall–Kier alpha value is -4.71. The Morgan fingerprint density at radius 2 is 2.18 bits per heavy atom. The molecule has 0 spiro atoms. The number of hydrogen-bond donors (Lipinski definition) is 2. The van der Waals surface area contributed by atoms with Gasteiger partial charge in [0.05, 0.1) is 18.7 Å². The molecule has 164 valence electrons. The number of nitriles is 1. The van der Waals surface area contributed by atoms with E-state index in [1.54, 1.807) is 42.6 Å². The number of carbonyl (C=O) groups excluding carboxylic acids is 1. The van der Waals surface area contributed by atoms with Crippen LogP contribution in [0.2, 0.25) is 0 Å². The maximum Gasteiger partial charge on any atom is 0.247 e. The molecule has 4 aromatic rings. The van der Waals surface area contributed by atoms with Crippen LogP contribution in [-0.2, 0) is 4.79 Å². The number of rotatable bonds is 8. The molecule has 0 aliphatic carbocycles. The normalized spacial score (nSPS) is 10.4. The molecule has 8 nitrogen and oxygen atoms in total. The van der Waals surface area contributed by atoms with E-state index < -0.39 is 5.82 Å². The summed E-state index contributed by atoms with van der Waals surface area (Å²) in [7, 11) is 0. The number of H-pyrrole nitrogens is 1. The van der Waals surface area contributed by atoms with Gasteiger partial charge in [0.25, 0.3) is 0 Å². The summed E-state index contributed by atoms with van der Waals surface area (Å²) in [6.07, 6.45) is 4.52. The topological polar surface area (TPSA) is 113 Å². The van der Waals surface area contributed by atoms with Gasteiger partial charge >= 0.3 is 0 Å². The number of anilines is 1. The number of aromatic amines is 1. The van der Waals surface area contributed by atoms with Crippen molar-refractivity contribution in [3.05, 3.63) is 73.3 Å². The van der Waals surface area contributed by atoms with Crippen LogP contribution in [-0.4, -0.2) is 27.5 Å². The van der Waals surface area contributed by atoms with Gasteiger partial charge in [0, 0.05) is 23.5 Å². The molecular formula is C24H18FN5O3. The predicted octanol–water partition coefficient (Wildman–Crippen LogP) is 4.97. The molecule has 0 atom stereocenters. The number of benzene rings is 2. The second-order valence-corrected chi connectivity index (χ2v) is 6.83. The highest BCUT2D eigenvalue weighted by molar-refractivity contribution is 5.99. The molecule has 0 aliphatic rings. The number of halogens is 1. The van der Waals surface area contributed by atoms with Crippen LogP contribution in [0.3, 0.4) is 0 Å². The van der Waals surface area contributed by atoms with Crippen LogP contribution >= 0.6 is 0 Å². The van der Waals surface area contributed by atoms with Crippen LogP contribution in [0.25, 0.3) is 22.3 Å². The number of nitrogens with one attached hydrogen (secondary N) is 2. The lowest BCUT2D eigenvalue weighted by atomic mass is 10.1. The number of nitrogens with zero attached hydrogens (tertiary/aromatic N) is 3. The minimum absolute atomic E-state index is 0.0517. The predicted molar refractivity (Wildman–Crippen MR) is 120 cm³/mol. The Morgan fingerprint density at radius 1 is 1.30 bits per heavy atom. The zero-order valence-electron chi connectivity index (χ0n) is 17.3. The average molecular weight is 443 g/mol. The Bertz CT molecular complexity index is 1380. The Kier molecular flexibility index (Phi) is 6.27. The van der Waals surface area contributed by atoms with Crippen LogP contribution < -0.4 is 14.8 Å². The molecule has 33 heavy (non-hydrogen) atoms. The van der Waals surface area contributed by atoms with Gasteiger partial charge < -0.3 is 19.8 Å². The lowest BCUT2D eigenvalue weighted by Gasteiger charge is -2.09. The summed E-state index contributed by atoms with van der Waals surface area (Å²) in [6.45, 7) is 3.52. The summed E-state index contributed by atoms with van der Waals surface area (Å²) in [5.41, 5.74) is 2.94. The summed E-state index contributed by atoms with van der Waals surface area (Å²) < 4.78 is 25.3. The van der Waals surface area contributed by atoms with E-state index in [4.69, 9.17) is 14.7 Å². The third-order valence-electron chi connectivity index (χ3n) is 4.58. The minimum atomic E-state index is -0.518. The van der Waals surface area contributed by atoms with Crippen LogP contribution in [0.15, 0.2) is 67.5 Å². The van der Waals surface area contributed by atoms with Gasteiger partial charge in [0.1, 0.15) is 17.9 Å². The maximum absolute atomic E-state index is 14.1. The quantitative estimate of drug-likeness (QED) is 0.294. The standard InChI is InChI=1S/C24H18FN5O3/c1-2-21(31)29-16-5-3-6-17(12-16)33-22-14-28-24-23(30-22)18(13-27-24)15-7-8-19(25)20(11-15)32-10-4-9-26/h2-3,5-8,11-14H,1,4,10H2,(H,27,28)(H,29,31). The van der Waals surface area contributed by atoms with Gasteiger partial charge in [-0.1, -0.05) is 18.7 Å². The first-order chi connectivity index (χ1) is 16.1. The summed E-state index contributed by atoms with van der Waals surface area (Å²) >= 11 is 0. The largest absolute Gasteiger partial charge is 0.489 e. The zero-order chi connectivity index (χ0) is 23.2. The maximum atomic E-state index is 14.1. The molecule has 4 rings (SSSR count). The molecule has 0 bridgehead atoms. The van der Waals surface area contributed by atoms with E-state index in [0.29, 0.717) is 33.7 Å². The van der Waals surface area contributed by atoms with E-state index in [1.807, 2.05) is 6.07 Å². The van der Waals surface area contributed by atoms with Gasteiger partial charge in [-0.25, -0.2) is 14.4 Å². The molecule has 0 radical (unpaired) electrons. The number of amides is 1. The van der Waals surface area contributed by atoms with Crippen molar-refractivity contribution in [1.82, 2.24) is 15.0 Å². The highest BCUT2D eigenvalue weighted by atomic mass is 19.1. The molecule has 0 saturated carbocycles. The fraction of sp³-hybridized carbons (Fsp3) is 0.0833. The molecule has 9 heteroatoms. The molecule has 2 aromatic carbocycles. The van der Waals surface area contributed by atoms with Gasteiger partial charge in [-0.05, 0) is 35.9 Å². The van der Waals surface area contributed by atoms with Crippen molar-refractivity contribution in [2.24, 2.45) is 0 Å². The van der Waals surface area contributed by atoms with E-state index >= 15 is 0 Å². The number of ether oxygens (including phenoxy) is 2. The second-order valence-electron chi connectivity index (χ2n) is 6.83. The highest BCUT2D eigenvalue weighted by Crippen LogP contribution is 2.32. The summed E-state index contributed by atoms with van der Waals surface area (Å²) in [6, 6.07) is 13.2. The second kappa shape index (κ2) is 9.62. The molecule has 0 fully saturated rings. The van der Waals surface area contributed by atoms with Gasteiger partial charge in [-0.3, -0.25) is 4.79 Å². The monoisotopic (exact) mass is 443 g/mol. The molecule has 1 amide bonds. The smallest absolute Gasteiger partial charge is 0.247 e. The van der Waals surface area contributed by atoms with E-state index in [1.165, 1.54) is 18.3 Å². The van der Waals surface area contributed by atoms with Gasteiger partial charge in [0.15, 0.2) is 17.2 Å². The third-order valence-corrected chi connectivity index (χ3v) is 4.58. The SMILES string of the molecule is C=CC(=O)Nc1cccc(Oc2cnc3[nH]cc(-c4ccc(F)c(OCCC#N)c4)c3n2)c1. The van der Waals surface area contributed by atoms with Crippen molar-refractivity contribution in [3.8, 4) is 34.6 Å². The molecule has 2 heterocycles. The highest BCUT2D eigenvalue weighted by Gasteiger charge is 2.14. The number of aromatic nitrogens is 3. The van der Waals surface area contributed by atoms with Crippen LogP contribution in [0.1, 0.15) is 6.42 Å². The minimum Gasteiger partial charge on any atom is -0.489 e. The summed E-state index contributed by atoms with van der Waals surface area (Å²) in [5, 5.41) is 11.3. The van der Waals surface area contributed by atoms with Crippen molar-refractivity contribution < 1.29 is 18.7 Å². The van der Waals surface area contributed by atoms with Crippen LogP contribution in [0.5, 0.6) is 17.4 Å². The van der Waals surface area contributed by atoms with Crippen molar-refractivity contribution in [2.75, 3.05) is 11.9 Å². The van der Waals surface area contributed by atoms with Crippen LogP contribution in [0.4, 0.5) is 10.1 Å². The van der Waals surface area contributed by atoms with Crippen LogP contribution in [0, 0.1) is 17.1 Å². The number of fused-ring (bicyclic) bond motifs is 1. The number of hydrogen-bond acceptors (Lipinski definition) is 6. The van der Waals surface area contributed by atoms with Crippen molar-refractivity contribution in [1.29, 1.82) is 5.26 Å².